The number of carbonyl (C=O) groups is 2. The maximum atomic E-state index is 13.1. The first-order valence-electron chi connectivity index (χ1n) is 10.1. The van der Waals surface area contributed by atoms with Crippen molar-refractivity contribution in [3.05, 3.63) is 58.9 Å². The number of benzene rings is 2. The molecule has 0 aliphatic carbocycles. The normalized spacial score (nSPS) is 18.1. The van der Waals surface area contributed by atoms with Gasteiger partial charge in [-0.1, -0.05) is 18.5 Å². The molecule has 0 aromatic heterocycles. The van der Waals surface area contributed by atoms with Gasteiger partial charge < -0.3 is 10.1 Å². The van der Waals surface area contributed by atoms with Crippen molar-refractivity contribution in [3.63, 3.8) is 0 Å². The Labute approximate surface area is 191 Å². The van der Waals surface area contributed by atoms with Crippen LogP contribution in [0.15, 0.2) is 47.4 Å². The molecule has 1 N–H and O–H groups in total. The number of sulfonamides is 1. The van der Waals surface area contributed by atoms with Crippen LogP contribution < -0.4 is 5.32 Å². The van der Waals surface area contributed by atoms with Gasteiger partial charge in [-0.25, -0.2) is 17.6 Å². The molecule has 1 heterocycles. The summed E-state index contributed by atoms with van der Waals surface area (Å²) >= 11 is 6.15. The zero-order valence-corrected chi connectivity index (χ0v) is 19.2. The molecule has 0 bridgehead atoms. The predicted molar refractivity (Wildman–Crippen MR) is 119 cm³/mol. The fourth-order valence-corrected chi connectivity index (χ4v) is 5.49. The zero-order valence-electron chi connectivity index (χ0n) is 17.7. The van der Waals surface area contributed by atoms with Crippen molar-refractivity contribution in [3.8, 4) is 0 Å². The largest absolute Gasteiger partial charge is 0.449 e. The molecule has 0 spiro atoms. The second-order valence-corrected chi connectivity index (χ2v) is 10.1. The van der Waals surface area contributed by atoms with Gasteiger partial charge in [0.1, 0.15) is 10.7 Å². The smallest absolute Gasteiger partial charge is 0.338 e. The van der Waals surface area contributed by atoms with E-state index in [1.54, 1.807) is 0 Å². The van der Waals surface area contributed by atoms with Crippen LogP contribution in [0, 0.1) is 11.7 Å². The van der Waals surface area contributed by atoms with Crippen molar-refractivity contribution in [2.75, 3.05) is 18.4 Å². The summed E-state index contributed by atoms with van der Waals surface area (Å²) < 4.78 is 45.7. The number of nitrogens with zero attached hydrogens (tertiary/aromatic N) is 1. The Balaban J connectivity index is 1.73. The molecular formula is C22H24ClFN2O5S. The number of hydrogen-bond acceptors (Lipinski definition) is 5. The SMILES string of the molecule is CC1CCCN(S(=O)(=O)c2cc(C(=O)OC(C)C(=O)Nc3ccc(F)cc3)ccc2Cl)C1. The van der Waals surface area contributed by atoms with Gasteiger partial charge in [-0.05, 0) is 68.1 Å². The third kappa shape index (κ3) is 5.65. The predicted octanol–water partition coefficient (Wildman–Crippen LogP) is 4.08. The van der Waals surface area contributed by atoms with E-state index >= 15 is 0 Å². The Morgan fingerprint density at radius 2 is 1.91 bits per heavy atom. The van der Waals surface area contributed by atoms with Crippen molar-refractivity contribution in [1.29, 1.82) is 0 Å². The fraction of sp³-hybridized carbons (Fsp3) is 0.364. The van der Waals surface area contributed by atoms with Crippen LogP contribution in [0.2, 0.25) is 5.02 Å². The van der Waals surface area contributed by atoms with Crippen LogP contribution in [0.1, 0.15) is 37.0 Å². The molecule has 32 heavy (non-hydrogen) atoms. The van der Waals surface area contributed by atoms with Gasteiger partial charge in [-0.3, -0.25) is 4.79 Å². The number of rotatable bonds is 6. The minimum absolute atomic E-state index is 0.00174. The summed E-state index contributed by atoms with van der Waals surface area (Å²) in [6.07, 6.45) is 0.524. The average molecular weight is 483 g/mol. The third-order valence-corrected chi connectivity index (χ3v) is 7.52. The van der Waals surface area contributed by atoms with Gasteiger partial charge >= 0.3 is 5.97 Å². The molecule has 2 aromatic carbocycles. The minimum atomic E-state index is -3.89. The molecule has 3 rings (SSSR count). The molecule has 0 saturated carbocycles. The fourth-order valence-electron chi connectivity index (χ4n) is 3.39. The van der Waals surface area contributed by atoms with Crippen LogP contribution in [-0.2, 0) is 19.6 Å². The molecule has 7 nitrogen and oxygen atoms in total. The van der Waals surface area contributed by atoms with Crippen molar-refractivity contribution in [2.45, 2.75) is 37.7 Å². The molecule has 2 atom stereocenters. The van der Waals surface area contributed by atoms with Gasteiger partial charge in [0.25, 0.3) is 5.91 Å². The second-order valence-electron chi connectivity index (χ2n) is 7.80. The van der Waals surface area contributed by atoms with E-state index in [1.165, 1.54) is 53.7 Å². The molecule has 172 valence electrons. The number of nitrogens with one attached hydrogen (secondary N) is 1. The van der Waals surface area contributed by atoms with Crippen LogP contribution in [0.25, 0.3) is 0 Å². The first-order chi connectivity index (χ1) is 15.1. The van der Waals surface area contributed by atoms with Crippen molar-refractivity contribution in [2.24, 2.45) is 5.92 Å². The number of carbonyl (C=O) groups excluding carboxylic acids is 2. The molecule has 1 fully saturated rings. The van der Waals surface area contributed by atoms with Gasteiger partial charge in [-0.15, -0.1) is 0 Å². The lowest BCUT2D eigenvalue weighted by atomic mass is 10.0. The number of piperidine rings is 1. The maximum Gasteiger partial charge on any atom is 0.338 e. The van der Waals surface area contributed by atoms with E-state index in [4.69, 9.17) is 16.3 Å². The first-order valence-corrected chi connectivity index (χ1v) is 12.0. The van der Waals surface area contributed by atoms with Gasteiger partial charge in [0.2, 0.25) is 10.0 Å². The lowest BCUT2D eigenvalue weighted by Gasteiger charge is -2.30. The number of halogens is 2. The molecule has 0 radical (unpaired) electrons. The molecule has 2 unspecified atom stereocenters. The van der Waals surface area contributed by atoms with E-state index in [1.807, 2.05) is 6.92 Å². The summed E-state index contributed by atoms with van der Waals surface area (Å²) in [6.45, 7) is 4.13. The molecule has 2 aromatic rings. The lowest BCUT2D eigenvalue weighted by Crippen LogP contribution is -2.39. The van der Waals surface area contributed by atoms with Gasteiger partial charge in [0, 0.05) is 18.8 Å². The van der Waals surface area contributed by atoms with E-state index in [0.717, 1.165) is 12.8 Å². The summed E-state index contributed by atoms with van der Waals surface area (Å²) in [5, 5.41) is 2.51. The highest BCUT2D eigenvalue weighted by Crippen LogP contribution is 2.29. The molecule has 1 amide bonds. The van der Waals surface area contributed by atoms with Crippen LogP contribution in [0.3, 0.4) is 0 Å². The molecule has 1 aliphatic rings. The Kier molecular flexibility index (Phi) is 7.53. The topological polar surface area (TPSA) is 92.8 Å². The summed E-state index contributed by atoms with van der Waals surface area (Å²) in [4.78, 5) is 24.7. The highest BCUT2D eigenvalue weighted by Gasteiger charge is 2.31. The molecular weight excluding hydrogens is 459 g/mol. The number of esters is 1. The number of ether oxygens (including phenoxy) is 1. The Morgan fingerprint density at radius 1 is 1.22 bits per heavy atom. The number of amides is 1. The first kappa shape index (κ1) is 24.2. The second kappa shape index (κ2) is 9.97. The maximum absolute atomic E-state index is 13.1. The van der Waals surface area contributed by atoms with Crippen molar-refractivity contribution >= 4 is 39.2 Å². The summed E-state index contributed by atoms with van der Waals surface area (Å²) in [5.74, 6) is -1.71. The van der Waals surface area contributed by atoms with Gasteiger partial charge in [0.15, 0.2) is 6.10 Å². The van der Waals surface area contributed by atoms with E-state index in [2.05, 4.69) is 5.32 Å². The van der Waals surface area contributed by atoms with Crippen molar-refractivity contribution < 1.29 is 27.1 Å². The highest BCUT2D eigenvalue weighted by atomic mass is 35.5. The molecule has 1 aliphatic heterocycles. The van der Waals surface area contributed by atoms with Gasteiger partial charge in [-0.2, -0.15) is 4.31 Å². The van der Waals surface area contributed by atoms with Crippen molar-refractivity contribution in [1.82, 2.24) is 4.31 Å². The standard InChI is InChI=1S/C22H24ClFN2O5S/c1-14-4-3-11-26(13-14)32(29,30)20-12-16(5-10-19(20)23)22(28)31-15(2)21(27)25-18-8-6-17(24)7-9-18/h5-10,12,14-15H,3-4,11,13H2,1-2H3,(H,25,27). The van der Waals surface area contributed by atoms with E-state index in [-0.39, 0.29) is 21.4 Å². The minimum Gasteiger partial charge on any atom is -0.449 e. The van der Waals surface area contributed by atoms with Crippen LogP contribution in [0.4, 0.5) is 10.1 Å². The lowest BCUT2D eigenvalue weighted by molar-refractivity contribution is -0.123. The van der Waals surface area contributed by atoms with E-state index < -0.39 is 33.8 Å². The quantitative estimate of drug-likeness (QED) is 0.626. The highest BCUT2D eigenvalue weighted by molar-refractivity contribution is 7.89. The Morgan fingerprint density at radius 3 is 2.56 bits per heavy atom. The monoisotopic (exact) mass is 482 g/mol. The summed E-state index contributed by atoms with van der Waals surface area (Å²) in [5.41, 5.74) is 0.300. The number of anilines is 1. The van der Waals surface area contributed by atoms with Crippen LogP contribution in [0.5, 0.6) is 0 Å². The summed E-state index contributed by atoms with van der Waals surface area (Å²) in [7, 11) is -3.89. The van der Waals surface area contributed by atoms with Crippen LogP contribution >= 0.6 is 11.6 Å². The summed E-state index contributed by atoms with van der Waals surface area (Å²) in [6, 6.07) is 8.95. The van der Waals surface area contributed by atoms with Crippen LogP contribution in [-0.4, -0.2) is 43.8 Å². The number of hydrogen-bond donors (Lipinski definition) is 1. The Hall–Kier alpha value is -2.49. The Bertz CT molecular complexity index is 1110. The average Bonchev–Trinajstić information content (AvgIpc) is 2.75. The van der Waals surface area contributed by atoms with E-state index in [9.17, 15) is 22.4 Å². The zero-order chi connectivity index (χ0) is 23.5. The molecule has 1 saturated heterocycles. The van der Waals surface area contributed by atoms with Gasteiger partial charge in [0.05, 0.1) is 10.6 Å². The van der Waals surface area contributed by atoms with E-state index in [0.29, 0.717) is 18.8 Å². The third-order valence-electron chi connectivity index (χ3n) is 5.17. The molecule has 10 heteroatoms.